The highest BCUT2D eigenvalue weighted by Crippen LogP contribution is 2.25. The van der Waals surface area contributed by atoms with Crippen LogP contribution in [0.4, 0.5) is 4.39 Å². The third kappa shape index (κ3) is 3.55. The topological polar surface area (TPSA) is 55.1 Å². The quantitative estimate of drug-likeness (QED) is 0.799. The minimum atomic E-state index is -0.930. The molecular formula is C17H15FN2O2S. The van der Waals surface area contributed by atoms with Crippen molar-refractivity contribution in [3.05, 3.63) is 75.1 Å². The zero-order chi connectivity index (χ0) is 16.4. The molecule has 1 aromatic carbocycles. The molecule has 0 bridgehead atoms. The zero-order valence-electron chi connectivity index (χ0n) is 12.4. The zero-order valence-corrected chi connectivity index (χ0v) is 13.3. The van der Waals surface area contributed by atoms with Crippen molar-refractivity contribution in [2.75, 3.05) is 0 Å². The molecule has 23 heavy (non-hydrogen) atoms. The van der Waals surface area contributed by atoms with E-state index in [1.165, 1.54) is 35.0 Å². The molecule has 0 radical (unpaired) electrons. The first-order chi connectivity index (χ1) is 11.0. The Balaban J connectivity index is 1.87. The van der Waals surface area contributed by atoms with E-state index in [-0.39, 0.29) is 17.9 Å². The fourth-order valence-corrected chi connectivity index (χ4v) is 3.07. The summed E-state index contributed by atoms with van der Waals surface area (Å²) in [6, 6.07) is 12.6. The van der Waals surface area contributed by atoms with Gasteiger partial charge >= 0.3 is 0 Å². The van der Waals surface area contributed by atoms with Crippen LogP contribution >= 0.6 is 11.3 Å². The van der Waals surface area contributed by atoms with Gasteiger partial charge in [0.25, 0.3) is 5.56 Å². The summed E-state index contributed by atoms with van der Waals surface area (Å²) in [5.41, 5.74) is 0.940. The van der Waals surface area contributed by atoms with Crippen molar-refractivity contribution >= 4 is 11.3 Å². The molecule has 3 aromatic rings. The summed E-state index contributed by atoms with van der Waals surface area (Å²) < 4.78 is 14.2. The molecule has 0 aliphatic rings. The van der Waals surface area contributed by atoms with Crippen LogP contribution in [0.25, 0.3) is 10.6 Å². The van der Waals surface area contributed by atoms with Gasteiger partial charge in [-0.05, 0) is 42.8 Å². The molecule has 4 nitrogen and oxygen atoms in total. The van der Waals surface area contributed by atoms with Gasteiger partial charge in [0, 0.05) is 10.9 Å². The van der Waals surface area contributed by atoms with E-state index in [0.717, 1.165) is 9.75 Å². The van der Waals surface area contributed by atoms with Crippen LogP contribution in [0.1, 0.15) is 16.5 Å². The molecule has 0 saturated heterocycles. The minimum Gasteiger partial charge on any atom is -0.386 e. The average molecular weight is 330 g/mol. The van der Waals surface area contributed by atoms with E-state index in [2.05, 4.69) is 5.10 Å². The summed E-state index contributed by atoms with van der Waals surface area (Å²) in [6.45, 7) is 2.02. The number of thiophene rings is 1. The molecule has 2 aromatic heterocycles. The normalized spacial score (nSPS) is 12.3. The molecule has 0 spiro atoms. The van der Waals surface area contributed by atoms with Crippen LogP contribution in [-0.2, 0) is 6.54 Å². The lowest BCUT2D eigenvalue weighted by atomic mass is 10.1. The SMILES string of the molecule is Cc1ccc(-c2ccc(=O)n(CC(O)c3ccc(F)cc3)n2)s1. The summed E-state index contributed by atoms with van der Waals surface area (Å²) in [5.74, 6) is -0.369. The average Bonchev–Trinajstić information content (AvgIpc) is 2.96. The van der Waals surface area contributed by atoms with Gasteiger partial charge in [-0.25, -0.2) is 9.07 Å². The van der Waals surface area contributed by atoms with E-state index in [1.807, 2.05) is 19.1 Å². The van der Waals surface area contributed by atoms with Crippen molar-refractivity contribution in [3.63, 3.8) is 0 Å². The maximum atomic E-state index is 12.9. The Morgan fingerprint density at radius 1 is 1.17 bits per heavy atom. The fourth-order valence-electron chi connectivity index (χ4n) is 2.24. The van der Waals surface area contributed by atoms with Crippen molar-refractivity contribution in [1.82, 2.24) is 9.78 Å². The van der Waals surface area contributed by atoms with Gasteiger partial charge in [-0.1, -0.05) is 12.1 Å². The van der Waals surface area contributed by atoms with Gasteiger partial charge in [0.05, 0.1) is 17.5 Å². The maximum Gasteiger partial charge on any atom is 0.266 e. The van der Waals surface area contributed by atoms with Crippen LogP contribution in [0.3, 0.4) is 0 Å². The van der Waals surface area contributed by atoms with E-state index in [1.54, 1.807) is 17.4 Å². The molecule has 6 heteroatoms. The van der Waals surface area contributed by atoms with Gasteiger partial charge in [0.15, 0.2) is 0 Å². The largest absolute Gasteiger partial charge is 0.386 e. The number of rotatable bonds is 4. The standard InChI is InChI=1S/C17H15FN2O2S/c1-11-2-8-16(23-11)14-7-9-17(22)20(19-14)10-15(21)12-3-5-13(18)6-4-12/h2-9,15,21H,10H2,1H3. The van der Waals surface area contributed by atoms with Crippen molar-refractivity contribution in [1.29, 1.82) is 0 Å². The van der Waals surface area contributed by atoms with Gasteiger partial charge in [0.2, 0.25) is 0 Å². The lowest BCUT2D eigenvalue weighted by Crippen LogP contribution is -2.25. The van der Waals surface area contributed by atoms with Crippen LogP contribution in [0.5, 0.6) is 0 Å². The molecule has 0 amide bonds. The number of benzene rings is 1. The highest BCUT2D eigenvalue weighted by atomic mass is 32.1. The lowest BCUT2D eigenvalue weighted by Gasteiger charge is -2.12. The first-order valence-electron chi connectivity index (χ1n) is 7.11. The maximum absolute atomic E-state index is 12.9. The Kier molecular flexibility index (Phi) is 4.36. The second kappa shape index (κ2) is 6.44. The van der Waals surface area contributed by atoms with Gasteiger partial charge in [-0.15, -0.1) is 11.3 Å². The smallest absolute Gasteiger partial charge is 0.266 e. The molecule has 0 fully saturated rings. The van der Waals surface area contributed by atoms with Crippen LogP contribution in [0.2, 0.25) is 0 Å². The molecule has 1 atom stereocenters. The number of hydrogen-bond donors (Lipinski definition) is 1. The Labute approximate surface area is 136 Å². The predicted molar refractivity (Wildman–Crippen MR) is 87.9 cm³/mol. The number of aliphatic hydroxyl groups is 1. The molecule has 0 saturated carbocycles. The van der Waals surface area contributed by atoms with Crippen molar-refractivity contribution < 1.29 is 9.50 Å². The van der Waals surface area contributed by atoms with Crippen LogP contribution in [0, 0.1) is 12.7 Å². The Morgan fingerprint density at radius 3 is 2.57 bits per heavy atom. The van der Waals surface area contributed by atoms with Crippen molar-refractivity contribution in [2.24, 2.45) is 0 Å². The van der Waals surface area contributed by atoms with Gasteiger partial charge in [-0.3, -0.25) is 4.79 Å². The molecule has 2 heterocycles. The molecule has 1 unspecified atom stereocenters. The summed E-state index contributed by atoms with van der Waals surface area (Å²) >= 11 is 1.59. The minimum absolute atomic E-state index is 0.0165. The van der Waals surface area contributed by atoms with Crippen LogP contribution < -0.4 is 5.56 Å². The highest BCUT2D eigenvalue weighted by Gasteiger charge is 2.12. The number of aliphatic hydroxyl groups excluding tert-OH is 1. The third-order valence-electron chi connectivity index (χ3n) is 3.46. The first kappa shape index (κ1) is 15.6. The summed E-state index contributed by atoms with van der Waals surface area (Å²) in [4.78, 5) is 14.1. The second-order valence-corrected chi connectivity index (χ2v) is 6.50. The Hall–Kier alpha value is -2.31. The number of aromatic nitrogens is 2. The van der Waals surface area contributed by atoms with E-state index >= 15 is 0 Å². The lowest BCUT2D eigenvalue weighted by molar-refractivity contribution is 0.149. The van der Waals surface area contributed by atoms with Crippen molar-refractivity contribution in [3.8, 4) is 10.6 Å². The van der Waals surface area contributed by atoms with E-state index in [0.29, 0.717) is 11.3 Å². The monoisotopic (exact) mass is 330 g/mol. The van der Waals surface area contributed by atoms with Crippen molar-refractivity contribution in [2.45, 2.75) is 19.6 Å². The van der Waals surface area contributed by atoms with Crippen LogP contribution in [-0.4, -0.2) is 14.9 Å². The van der Waals surface area contributed by atoms with Crippen LogP contribution in [0.15, 0.2) is 53.3 Å². The number of nitrogens with zero attached hydrogens (tertiary/aromatic N) is 2. The van der Waals surface area contributed by atoms with Gasteiger partial charge in [-0.2, -0.15) is 5.10 Å². The summed E-state index contributed by atoms with van der Waals surface area (Å²) in [6.07, 6.45) is -0.930. The van der Waals surface area contributed by atoms with E-state index < -0.39 is 6.10 Å². The van der Waals surface area contributed by atoms with Gasteiger partial charge in [0.1, 0.15) is 11.5 Å². The molecule has 0 aliphatic carbocycles. The van der Waals surface area contributed by atoms with Gasteiger partial charge < -0.3 is 5.11 Å². The molecule has 0 aliphatic heterocycles. The molecule has 1 N–H and O–H groups in total. The predicted octanol–water partition coefficient (Wildman–Crippen LogP) is 3.15. The summed E-state index contributed by atoms with van der Waals surface area (Å²) in [5, 5.41) is 14.6. The number of halogens is 1. The third-order valence-corrected chi connectivity index (χ3v) is 4.48. The highest BCUT2D eigenvalue weighted by molar-refractivity contribution is 7.15. The summed E-state index contributed by atoms with van der Waals surface area (Å²) in [7, 11) is 0. The number of aryl methyl sites for hydroxylation is 1. The van der Waals surface area contributed by atoms with E-state index in [9.17, 15) is 14.3 Å². The molecule has 118 valence electrons. The number of hydrogen-bond acceptors (Lipinski definition) is 4. The fraction of sp³-hybridized carbons (Fsp3) is 0.176. The molecule has 3 rings (SSSR count). The molecular weight excluding hydrogens is 315 g/mol. The first-order valence-corrected chi connectivity index (χ1v) is 7.93. The van der Waals surface area contributed by atoms with E-state index in [4.69, 9.17) is 0 Å². The Morgan fingerprint density at radius 2 is 1.91 bits per heavy atom. The second-order valence-electron chi connectivity index (χ2n) is 5.22. The Bertz CT molecular complexity index is 871.